The van der Waals surface area contributed by atoms with Gasteiger partial charge in [-0.1, -0.05) is 17.7 Å². The van der Waals surface area contributed by atoms with Gasteiger partial charge in [-0.25, -0.2) is 0 Å². The Bertz CT molecular complexity index is 577. The van der Waals surface area contributed by atoms with Crippen LogP contribution in [0.15, 0.2) is 41.1 Å². The van der Waals surface area contributed by atoms with E-state index in [1.54, 1.807) is 12.4 Å². The molecule has 0 spiro atoms. The van der Waals surface area contributed by atoms with E-state index in [2.05, 4.69) is 33.2 Å². The standard InChI is InChI=1S/C14H14BrClN2O/c1-9(17-2)13-4-3-11(6-14(13)16)19-12-5-10(15)7-18-8-12/h3-9,17H,1-2H3. The van der Waals surface area contributed by atoms with Crippen LogP contribution in [0.1, 0.15) is 18.5 Å². The summed E-state index contributed by atoms with van der Waals surface area (Å²) >= 11 is 9.61. The summed E-state index contributed by atoms with van der Waals surface area (Å²) in [5.41, 5.74) is 1.05. The largest absolute Gasteiger partial charge is 0.456 e. The van der Waals surface area contributed by atoms with Crippen LogP contribution in [0.4, 0.5) is 0 Å². The van der Waals surface area contributed by atoms with Crippen molar-refractivity contribution in [3.8, 4) is 11.5 Å². The number of hydrogen-bond acceptors (Lipinski definition) is 3. The molecule has 19 heavy (non-hydrogen) atoms. The number of nitrogens with one attached hydrogen (secondary N) is 1. The Labute approximate surface area is 126 Å². The van der Waals surface area contributed by atoms with E-state index in [1.807, 2.05) is 31.3 Å². The minimum Gasteiger partial charge on any atom is -0.456 e. The first-order chi connectivity index (χ1) is 9.10. The Kier molecular flexibility index (Phi) is 4.80. The van der Waals surface area contributed by atoms with E-state index in [9.17, 15) is 0 Å². The molecule has 0 bridgehead atoms. The molecule has 100 valence electrons. The zero-order valence-electron chi connectivity index (χ0n) is 10.7. The highest BCUT2D eigenvalue weighted by Crippen LogP contribution is 2.30. The minimum atomic E-state index is 0.203. The van der Waals surface area contributed by atoms with E-state index in [0.29, 0.717) is 16.5 Å². The fourth-order valence-corrected chi connectivity index (χ4v) is 2.34. The van der Waals surface area contributed by atoms with Gasteiger partial charge in [-0.3, -0.25) is 4.98 Å². The molecule has 0 saturated heterocycles. The van der Waals surface area contributed by atoms with Crippen molar-refractivity contribution in [1.82, 2.24) is 10.3 Å². The minimum absolute atomic E-state index is 0.203. The van der Waals surface area contributed by atoms with Crippen molar-refractivity contribution in [2.24, 2.45) is 0 Å². The van der Waals surface area contributed by atoms with Crippen LogP contribution in [-0.2, 0) is 0 Å². The smallest absolute Gasteiger partial charge is 0.146 e. The van der Waals surface area contributed by atoms with Crippen LogP contribution in [0.5, 0.6) is 11.5 Å². The monoisotopic (exact) mass is 340 g/mol. The number of benzene rings is 1. The fourth-order valence-electron chi connectivity index (χ4n) is 1.66. The zero-order chi connectivity index (χ0) is 13.8. The average Bonchev–Trinajstić information content (AvgIpc) is 2.38. The lowest BCUT2D eigenvalue weighted by molar-refractivity contribution is 0.479. The first kappa shape index (κ1) is 14.3. The molecule has 1 unspecified atom stereocenters. The second-order valence-corrected chi connectivity index (χ2v) is 5.46. The molecule has 1 atom stereocenters. The summed E-state index contributed by atoms with van der Waals surface area (Å²) in [5.74, 6) is 1.36. The van der Waals surface area contributed by atoms with Crippen molar-refractivity contribution in [2.45, 2.75) is 13.0 Å². The molecule has 0 aliphatic heterocycles. The highest BCUT2D eigenvalue weighted by atomic mass is 79.9. The van der Waals surface area contributed by atoms with Gasteiger partial charge in [0.15, 0.2) is 0 Å². The highest BCUT2D eigenvalue weighted by molar-refractivity contribution is 9.10. The molecule has 0 fully saturated rings. The normalized spacial score (nSPS) is 12.2. The molecule has 2 aromatic rings. The number of rotatable bonds is 4. The van der Waals surface area contributed by atoms with E-state index in [4.69, 9.17) is 16.3 Å². The van der Waals surface area contributed by atoms with Gasteiger partial charge < -0.3 is 10.1 Å². The summed E-state index contributed by atoms with van der Waals surface area (Å²) in [6.07, 6.45) is 3.36. The molecule has 0 saturated carbocycles. The number of pyridine rings is 1. The quantitative estimate of drug-likeness (QED) is 0.884. The van der Waals surface area contributed by atoms with Crippen molar-refractivity contribution < 1.29 is 4.74 Å². The molecule has 1 aromatic heterocycles. The maximum atomic E-state index is 6.26. The second-order valence-electron chi connectivity index (χ2n) is 4.13. The molecule has 0 aliphatic rings. The topological polar surface area (TPSA) is 34.1 Å². The van der Waals surface area contributed by atoms with Crippen molar-refractivity contribution in [1.29, 1.82) is 0 Å². The molecule has 1 heterocycles. The van der Waals surface area contributed by atoms with Gasteiger partial charge >= 0.3 is 0 Å². The van der Waals surface area contributed by atoms with Gasteiger partial charge in [-0.15, -0.1) is 0 Å². The lowest BCUT2D eigenvalue weighted by Gasteiger charge is -2.14. The molecule has 0 amide bonds. The molecule has 0 aliphatic carbocycles. The van der Waals surface area contributed by atoms with Gasteiger partial charge in [0.05, 0.1) is 6.20 Å². The van der Waals surface area contributed by atoms with E-state index < -0.39 is 0 Å². The predicted molar refractivity (Wildman–Crippen MR) is 80.9 cm³/mol. The number of halogens is 2. The summed E-state index contributed by atoms with van der Waals surface area (Å²) < 4.78 is 6.58. The molecular formula is C14H14BrClN2O. The van der Waals surface area contributed by atoms with Crippen molar-refractivity contribution in [3.63, 3.8) is 0 Å². The van der Waals surface area contributed by atoms with Crippen LogP contribution < -0.4 is 10.1 Å². The van der Waals surface area contributed by atoms with Crippen molar-refractivity contribution in [3.05, 3.63) is 51.7 Å². The van der Waals surface area contributed by atoms with E-state index in [0.717, 1.165) is 10.0 Å². The Hall–Kier alpha value is -1.10. The third-order valence-electron chi connectivity index (χ3n) is 2.79. The van der Waals surface area contributed by atoms with E-state index in [-0.39, 0.29) is 6.04 Å². The molecule has 5 heteroatoms. The summed E-state index contributed by atoms with van der Waals surface area (Å²) in [6.45, 7) is 2.06. The number of hydrogen-bond donors (Lipinski definition) is 1. The third-order valence-corrected chi connectivity index (χ3v) is 3.55. The van der Waals surface area contributed by atoms with Crippen LogP contribution in [0.3, 0.4) is 0 Å². The Morgan fingerprint density at radius 3 is 2.68 bits per heavy atom. The van der Waals surface area contributed by atoms with E-state index in [1.165, 1.54) is 0 Å². The van der Waals surface area contributed by atoms with Crippen LogP contribution in [-0.4, -0.2) is 12.0 Å². The summed E-state index contributed by atoms with van der Waals surface area (Å²) in [4.78, 5) is 4.05. The molecule has 1 aromatic carbocycles. The van der Waals surface area contributed by atoms with Crippen LogP contribution in [0.2, 0.25) is 5.02 Å². The predicted octanol–water partition coefficient (Wildman–Crippen LogP) is 4.57. The lowest BCUT2D eigenvalue weighted by Crippen LogP contribution is -2.12. The summed E-state index contributed by atoms with van der Waals surface area (Å²) in [6, 6.07) is 7.73. The Balaban J connectivity index is 2.21. The Morgan fingerprint density at radius 2 is 2.05 bits per heavy atom. The fraction of sp³-hybridized carbons (Fsp3) is 0.214. The SMILES string of the molecule is CNC(C)c1ccc(Oc2cncc(Br)c2)cc1Cl. The van der Waals surface area contributed by atoms with Gasteiger partial charge in [0.1, 0.15) is 11.5 Å². The molecule has 0 radical (unpaired) electrons. The summed E-state index contributed by atoms with van der Waals surface area (Å²) in [5, 5.41) is 3.84. The van der Waals surface area contributed by atoms with Gasteiger partial charge in [0.25, 0.3) is 0 Å². The van der Waals surface area contributed by atoms with Crippen LogP contribution >= 0.6 is 27.5 Å². The number of nitrogens with zero attached hydrogens (tertiary/aromatic N) is 1. The van der Waals surface area contributed by atoms with Crippen molar-refractivity contribution in [2.75, 3.05) is 7.05 Å². The maximum absolute atomic E-state index is 6.26. The first-order valence-electron chi connectivity index (χ1n) is 5.85. The van der Waals surface area contributed by atoms with Gasteiger partial charge in [0.2, 0.25) is 0 Å². The highest BCUT2D eigenvalue weighted by Gasteiger charge is 2.09. The molecule has 3 nitrogen and oxygen atoms in total. The number of aromatic nitrogens is 1. The van der Waals surface area contributed by atoms with Crippen molar-refractivity contribution >= 4 is 27.5 Å². The third kappa shape index (κ3) is 3.69. The second kappa shape index (κ2) is 6.37. The van der Waals surface area contributed by atoms with Gasteiger partial charge in [-0.2, -0.15) is 0 Å². The van der Waals surface area contributed by atoms with Gasteiger partial charge in [0, 0.05) is 21.7 Å². The first-order valence-corrected chi connectivity index (χ1v) is 7.02. The zero-order valence-corrected chi connectivity index (χ0v) is 13.0. The molecule has 1 N–H and O–H groups in total. The Morgan fingerprint density at radius 1 is 1.26 bits per heavy atom. The summed E-state index contributed by atoms with van der Waals surface area (Å²) in [7, 11) is 1.90. The lowest BCUT2D eigenvalue weighted by atomic mass is 10.1. The van der Waals surface area contributed by atoms with E-state index >= 15 is 0 Å². The molecule has 2 rings (SSSR count). The van der Waals surface area contributed by atoms with Crippen LogP contribution in [0, 0.1) is 0 Å². The molecular weight excluding hydrogens is 328 g/mol. The maximum Gasteiger partial charge on any atom is 0.146 e. The number of ether oxygens (including phenoxy) is 1. The van der Waals surface area contributed by atoms with Gasteiger partial charge in [-0.05, 0) is 53.7 Å². The van der Waals surface area contributed by atoms with Crippen LogP contribution in [0.25, 0.3) is 0 Å². The average molecular weight is 342 g/mol.